The number of allylic oxidation sites excluding steroid dienone is 1. The molecule has 0 radical (unpaired) electrons. The summed E-state index contributed by atoms with van der Waals surface area (Å²) in [7, 11) is 0. The van der Waals surface area contributed by atoms with Gasteiger partial charge in [-0.25, -0.2) is 4.79 Å². The Labute approximate surface area is 79.6 Å². The first-order chi connectivity index (χ1) is 6.59. The number of carboxylic acids is 1. The summed E-state index contributed by atoms with van der Waals surface area (Å²) in [6.07, 6.45) is 5.21. The van der Waals surface area contributed by atoms with Gasteiger partial charge in [-0.2, -0.15) is 5.10 Å². The second-order valence-electron chi connectivity index (χ2n) is 2.56. The van der Waals surface area contributed by atoms with E-state index in [1.807, 2.05) is 0 Å². The van der Waals surface area contributed by atoms with Gasteiger partial charge in [-0.05, 0) is 0 Å². The van der Waals surface area contributed by atoms with Crippen LogP contribution >= 0.6 is 0 Å². The van der Waals surface area contributed by atoms with Gasteiger partial charge in [0, 0.05) is 12.3 Å². The molecule has 0 saturated carbocycles. The zero-order valence-corrected chi connectivity index (χ0v) is 7.25. The first-order valence-corrected chi connectivity index (χ1v) is 3.81. The molecule has 1 amide bonds. The van der Waals surface area contributed by atoms with Crippen LogP contribution in [0.25, 0.3) is 0 Å². The summed E-state index contributed by atoms with van der Waals surface area (Å²) < 4.78 is 1.42. The van der Waals surface area contributed by atoms with Crippen LogP contribution in [0, 0.1) is 0 Å². The van der Waals surface area contributed by atoms with E-state index >= 15 is 0 Å². The number of rotatable bonds is 4. The smallest absolute Gasteiger partial charge is 0.328 e. The number of amides is 1. The van der Waals surface area contributed by atoms with Gasteiger partial charge < -0.3 is 10.8 Å². The second kappa shape index (κ2) is 4.22. The molecule has 1 aromatic heterocycles. The highest BCUT2D eigenvalue weighted by Crippen LogP contribution is 1.95. The number of carboxylic acid groups (broad SMARTS) is 1. The maximum Gasteiger partial charge on any atom is 0.328 e. The summed E-state index contributed by atoms with van der Waals surface area (Å²) in [4.78, 5) is 20.8. The Balaban J connectivity index is 2.60. The molecule has 0 aliphatic rings. The van der Waals surface area contributed by atoms with Crippen molar-refractivity contribution >= 4 is 11.9 Å². The predicted molar refractivity (Wildman–Crippen MR) is 47.5 cm³/mol. The number of aromatic nitrogens is 2. The number of carbonyl (C=O) groups is 2. The van der Waals surface area contributed by atoms with Crippen molar-refractivity contribution < 1.29 is 14.7 Å². The van der Waals surface area contributed by atoms with Gasteiger partial charge in [0.25, 0.3) is 5.91 Å². The van der Waals surface area contributed by atoms with Gasteiger partial charge in [-0.3, -0.25) is 9.48 Å². The minimum Gasteiger partial charge on any atom is -0.478 e. The summed E-state index contributed by atoms with van der Waals surface area (Å²) >= 11 is 0. The lowest BCUT2D eigenvalue weighted by atomic mass is 10.3. The molecule has 0 aliphatic heterocycles. The Morgan fingerprint density at radius 1 is 1.64 bits per heavy atom. The van der Waals surface area contributed by atoms with Crippen LogP contribution in [0.4, 0.5) is 0 Å². The zero-order valence-electron chi connectivity index (χ0n) is 7.25. The van der Waals surface area contributed by atoms with E-state index in [0.29, 0.717) is 12.1 Å². The molecular formula is C8H9N3O3. The minimum atomic E-state index is -1.02. The SMILES string of the molecule is NC(=O)c1cnn(CC=CC(=O)O)c1. The molecule has 0 spiro atoms. The van der Waals surface area contributed by atoms with E-state index in [1.165, 1.54) is 23.2 Å². The molecule has 6 heteroatoms. The fourth-order valence-corrected chi connectivity index (χ4v) is 0.852. The number of hydrogen-bond acceptors (Lipinski definition) is 3. The third-order valence-electron chi connectivity index (χ3n) is 1.47. The molecular weight excluding hydrogens is 186 g/mol. The quantitative estimate of drug-likeness (QED) is 0.640. The van der Waals surface area contributed by atoms with Gasteiger partial charge in [-0.1, -0.05) is 6.08 Å². The van der Waals surface area contributed by atoms with Crippen LogP contribution in [0.15, 0.2) is 24.5 Å². The highest BCUT2D eigenvalue weighted by molar-refractivity contribution is 5.92. The van der Waals surface area contributed by atoms with Gasteiger partial charge in [-0.15, -0.1) is 0 Å². The van der Waals surface area contributed by atoms with Crippen LogP contribution in [-0.2, 0) is 11.3 Å². The minimum absolute atomic E-state index is 0.291. The van der Waals surface area contributed by atoms with Crippen LogP contribution in [0.2, 0.25) is 0 Å². The highest BCUT2D eigenvalue weighted by atomic mass is 16.4. The highest BCUT2D eigenvalue weighted by Gasteiger charge is 2.02. The topological polar surface area (TPSA) is 98.2 Å². The number of nitrogens with zero attached hydrogens (tertiary/aromatic N) is 2. The van der Waals surface area contributed by atoms with Gasteiger partial charge in [0.05, 0.1) is 18.3 Å². The van der Waals surface area contributed by atoms with Crippen molar-refractivity contribution in [1.82, 2.24) is 9.78 Å². The van der Waals surface area contributed by atoms with Gasteiger partial charge >= 0.3 is 5.97 Å². The van der Waals surface area contributed by atoms with E-state index < -0.39 is 11.9 Å². The predicted octanol–water partition coefficient (Wildman–Crippen LogP) is -0.377. The van der Waals surface area contributed by atoms with E-state index in [-0.39, 0.29) is 0 Å². The standard InChI is InChI=1S/C8H9N3O3/c9-8(14)6-4-10-11(5-6)3-1-2-7(12)13/h1-2,4-5H,3H2,(H2,9,14)(H,12,13). The number of hydrogen-bond donors (Lipinski definition) is 2. The van der Waals surface area contributed by atoms with Crippen LogP contribution in [0.3, 0.4) is 0 Å². The molecule has 3 N–H and O–H groups in total. The van der Waals surface area contributed by atoms with Crippen molar-refractivity contribution in [1.29, 1.82) is 0 Å². The number of nitrogens with two attached hydrogens (primary N) is 1. The number of carbonyl (C=O) groups excluding carboxylic acids is 1. The van der Waals surface area contributed by atoms with Crippen LogP contribution in [-0.4, -0.2) is 26.8 Å². The van der Waals surface area contributed by atoms with E-state index in [2.05, 4.69) is 5.10 Å². The Morgan fingerprint density at radius 2 is 2.36 bits per heavy atom. The first kappa shape index (κ1) is 9.97. The van der Waals surface area contributed by atoms with E-state index in [4.69, 9.17) is 10.8 Å². The van der Waals surface area contributed by atoms with E-state index in [0.717, 1.165) is 6.08 Å². The van der Waals surface area contributed by atoms with Crippen molar-refractivity contribution in [3.05, 3.63) is 30.1 Å². The summed E-state index contributed by atoms with van der Waals surface area (Å²) in [5.41, 5.74) is 5.30. The lowest BCUT2D eigenvalue weighted by Gasteiger charge is -1.92. The Kier molecular flexibility index (Phi) is 3.01. The van der Waals surface area contributed by atoms with Gasteiger partial charge in [0.2, 0.25) is 0 Å². The van der Waals surface area contributed by atoms with Gasteiger partial charge in [0.15, 0.2) is 0 Å². The fourth-order valence-electron chi connectivity index (χ4n) is 0.852. The number of aliphatic carboxylic acids is 1. The van der Waals surface area contributed by atoms with Crippen molar-refractivity contribution in [2.45, 2.75) is 6.54 Å². The lowest BCUT2D eigenvalue weighted by molar-refractivity contribution is -0.131. The lowest BCUT2D eigenvalue weighted by Crippen LogP contribution is -2.09. The van der Waals surface area contributed by atoms with Crippen molar-refractivity contribution in [2.24, 2.45) is 5.73 Å². The van der Waals surface area contributed by atoms with Crippen LogP contribution < -0.4 is 5.73 Å². The average Bonchev–Trinajstić information content (AvgIpc) is 2.52. The maximum atomic E-state index is 10.7. The molecule has 1 rings (SSSR count). The van der Waals surface area contributed by atoms with Gasteiger partial charge in [0.1, 0.15) is 0 Å². The summed E-state index contributed by atoms with van der Waals surface area (Å²) in [5, 5.41) is 12.1. The van der Waals surface area contributed by atoms with Crippen molar-refractivity contribution in [2.75, 3.05) is 0 Å². The Bertz CT molecular complexity index is 381. The average molecular weight is 195 g/mol. The van der Waals surface area contributed by atoms with Crippen molar-refractivity contribution in [3.63, 3.8) is 0 Å². The summed E-state index contributed by atoms with van der Waals surface area (Å²) in [6.45, 7) is 0.291. The molecule has 14 heavy (non-hydrogen) atoms. The molecule has 0 atom stereocenters. The van der Waals surface area contributed by atoms with Crippen LogP contribution in [0.5, 0.6) is 0 Å². The summed E-state index contributed by atoms with van der Waals surface area (Å²) in [5.74, 6) is -1.58. The molecule has 1 heterocycles. The molecule has 6 nitrogen and oxygen atoms in total. The Hall–Kier alpha value is -2.11. The van der Waals surface area contributed by atoms with Crippen molar-refractivity contribution in [3.8, 4) is 0 Å². The molecule has 0 saturated heterocycles. The molecule has 0 fully saturated rings. The van der Waals surface area contributed by atoms with Crippen LogP contribution in [0.1, 0.15) is 10.4 Å². The summed E-state index contributed by atoms with van der Waals surface area (Å²) in [6, 6.07) is 0. The fraction of sp³-hybridized carbons (Fsp3) is 0.125. The Morgan fingerprint density at radius 3 is 2.86 bits per heavy atom. The maximum absolute atomic E-state index is 10.7. The zero-order chi connectivity index (χ0) is 10.6. The first-order valence-electron chi connectivity index (χ1n) is 3.81. The third-order valence-corrected chi connectivity index (χ3v) is 1.47. The second-order valence-corrected chi connectivity index (χ2v) is 2.56. The molecule has 0 unspecified atom stereocenters. The van der Waals surface area contributed by atoms with E-state index in [9.17, 15) is 9.59 Å². The molecule has 0 aromatic carbocycles. The number of primary amides is 1. The largest absolute Gasteiger partial charge is 0.478 e. The molecule has 1 aromatic rings. The molecule has 0 bridgehead atoms. The third kappa shape index (κ3) is 2.74. The monoisotopic (exact) mass is 195 g/mol. The van der Waals surface area contributed by atoms with E-state index in [1.54, 1.807) is 0 Å². The molecule has 0 aliphatic carbocycles. The normalized spacial score (nSPS) is 10.6. The molecule has 74 valence electrons.